The highest BCUT2D eigenvalue weighted by molar-refractivity contribution is 7.89. The van der Waals surface area contributed by atoms with E-state index in [-0.39, 0.29) is 35.1 Å². The summed E-state index contributed by atoms with van der Waals surface area (Å²) in [6.07, 6.45) is 10.3. The number of carbonyl (C=O) groups excluding carboxylic acids is 1. The molecule has 8 heteroatoms. The molecule has 1 N–H and O–H groups in total. The zero-order chi connectivity index (χ0) is 23.4. The lowest BCUT2D eigenvalue weighted by atomic mass is 9.93. The summed E-state index contributed by atoms with van der Waals surface area (Å²) in [5.74, 6) is -0.146. The van der Waals surface area contributed by atoms with Gasteiger partial charge in [0.15, 0.2) is 10.7 Å². The van der Waals surface area contributed by atoms with Crippen molar-refractivity contribution in [2.45, 2.75) is 69.7 Å². The zero-order valence-electron chi connectivity index (χ0n) is 19.4. The van der Waals surface area contributed by atoms with Crippen LogP contribution >= 0.6 is 0 Å². The number of hydrogen-bond acceptors (Lipinski definition) is 5. The number of aryl methyl sites for hydroxylation is 2. The molecular weight excluding hydrogens is 438 g/mol. The predicted molar refractivity (Wildman–Crippen MR) is 128 cm³/mol. The number of rotatable bonds is 6. The predicted octanol–water partition coefficient (Wildman–Crippen LogP) is 4.31. The van der Waals surface area contributed by atoms with E-state index in [9.17, 15) is 13.2 Å². The number of hydrogen-bond donors (Lipinski definition) is 1. The molecule has 1 amide bonds. The molecule has 4 rings (SSSR count). The molecule has 2 fully saturated rings. The van der Waals surface area contributed by atoms with Gasteiger partial charge >= 0.3 is 0 Å². The van der Waals surface area contributed by atoms with Gasteiger partial charge < -0.3 is 9.84 Å². The van der Waals surface area contributed by atoms with Gasteiger partial charge in [0.1, 0.15) is 5.69 Å². The number of carbonyl (C=O) groups is 1. The number of nitrogens with zero attached hydrogens (tertiary/aromatic N) is 2. The van der Waals surface area contributed by atoms with Crippen molar-refractivity contribution in [1.82, 2.24) is 14.8 Å². The number of aromatic nitrogens is 1. The van der Waals surface area contributed by atoms with E-state index in [4.69, 9.17) is 4.52 Å². The molecule has 1 aliphatic heterocycles. The minimum Gasteiger partial charge on any atom is -0.355 e. The van der Waals surface area contributed by atoms with Crippen molar-refractivity contribution < 1.29 is 17.7 Å². The molecule has 178 valence electrons. The maximum absolute atomic E-state index is 13.6. The van der Waals surface area contributed by atoms with E-state index < -0.39 is 10.0 Å². The maximum atomic E-state index is 13.6. The summed E-state index contributed by atoms with van der Waals surface area (Å²) in [5, 5.41) is 7.08. The van der Waals surface area contributed by atoms with Crippen LogP contribution in [-0.2, 0) is 14.8 Å². The van der Waals surface area contributed by atoms with Crippen molar-refractivity contribution in [2.75, 3.05) is 13.1 Å². The van der Waals surface area contributed by atoms with Gasteiger partial charge in [-0.2, -0.15) is 4.31 Å². The Bertz CT molecular complexity index is 1100. The fourth-order valence-corrected chi connectivity index (χ4v) is 6.49. The summed E-state index contributed by atoms with van der Waals surface area (Å²) in [6.45, 7) is 4.23. The van der Waals surface area contributed by atoms with Crippen LogP contribution in [0, 0.1) is 19.8 Å². The number of sulfonamides is 1. The SMILES string of the molecule is Cc1ccc(/C=C/c2onc(C)c2S(=O)(=O)N2CCC[C@@H](C(=O)NC3CCCCC3)C2)cc1. The van der Waals surface area contributed by atoms with E-state index in [2.05, 4.69) is 10.5 Å². The van der Waals surface area contributed by atoms with Crippen molar-refractivity contribution in [3.05, 3.63) is 46.8 Å². The summed E-state index contributed by atoms with van der Waals surface area (Å²) >= 11 is 0. The first-order chi connectivity index (χ1) is 15.8. The third-order valence-electron chi connectivity index (χ3n) is 6.64. The molecule has 1 atom stereocenters. The summed E-state index contributed by atoms with van der Waals surface area (Å²) in [6, 6.07) is 8.13. The Morgan fingerprint density at radius 3 is 2.52 bits per heavy atom. The highest BCUT2D eigenvalue weighted by atomic mass is 32.2. The average Bonchev–Trinajstić information content (AvgIpc) is 3.20. The normalized spacial score (nSPS) is 20.8. The molecule has 1 saturated carbocycles. The van der Waals surface area contributed by atoms with Gasteiger partial charge in [0.05, 0.1) is 5.92 Å². The van der Waals surface area contributed by atoms with E-state index in [0.29, 0.717) is 25.1 Å². The highest BCUT2D eigenvalue weighted by Gasteiger charge is 2.37. The summed E-state index contributed by atoms with van der Waals surface area (Å²) in [7, 11) is -3.84. The van der Waals surface area contributed by atoms with Crippen LogP contribution < -0.4 is 5.32 Å². The van der Waals surface area contributed by atoms with E-state index in [1.54, 1.807) is 13.0 Å². The first-order valence-electron chi connectivity index (χ1n) is 11.9. The minimum atomic E-state index is -3.84. The van der Waals surface area contributed by atoms with Crippen LogP contribution in [0.5, 0.6) is 0 Å². The second kappa shape index (κ2) is 10.2. The van der Waals surface area contributed by atoms with Crippen molar-refractivity contribution in [3.63, 3.8) is 0 Å². The van der Waals surface area contributed by atoms with Crippen LogP contribution in [0.3, 0.4) is 0 Å². The van der Waals surface area contributed by atoms with Crippen molar-refractivity contribution in [3.8, 4) is 0 Å². The molecule has 1 aromatic heterocycles. The Morgan fingerprint density at radius 1 is 1.06 bits per heavy atom. The van der Waals surface area contributed by atoms with Crippen LogP contribution in [0.15, 0.2) is 33.7 Å². The third-order valence-corrected chi connectivity index (χ3v) is 8.67. The van der Waals surface area contributed by atoms with Gasteiger partial charge in [0.25, 0.3) is 0 Å². The number of amides is 1. The molecule has 0 radical (unpaired) electrons. The first-order valence-corrected chi connectivity index (χ1v) is 13.3. The van der Waals surface area contributed by atoms with Crippen LogP contribution in [0.1, 0.15) is 67.5 Å². The van der Waals surface area contributed by atoms with E-state index in [1.165, 1.54) is 10.7 Å². The Balaban J connectivity index is 1.50. The van der Waals surface area contributed by atoms with Gasteiger partial charge in [-0.1, -0.05) is 60.3 Å². The number of nitrogens with one attached hydrogen (secondary N) is 1. The first kappa shape index (κ1) is 23.7. The molecule has 1 saturated heterocycles. The molecule has 33 heavy (non-hydrogen) atoms. The summed E-state index contributed by atoms with van der Waals surface area (Å²) in [4.78, 5) is 13.0. The van der Waals surface area contributed by atoms with Crippen LogP contribution in [-0.4, -0.2) is 42.9 Å². The second-order valence-corrected chi connectivity index (χ2v) is 11.1. The van der Waals surface area contributed by atoms with Crippen LogP contribution in [0.25, 0.3) is 12.2 Å². The summed E-state index contributed by atoms with van der Waals surface area (Å²) in [5.41, 5.74) is 2.42. The van der Waals surface area contributed by atoms with Gasteiger partial charge in [-0.3, -0.25) is 4.79 Å². The Kier molecular flexibility index (Phi) is 7.34. The van der Waals surface area contributed by atoms with E-state index >= 15 is 0 Å². The van der Waals surface area contributed by atoms with E-state index in [0.717, 1.165) is 36.8 Å². The largest absolute Gasteiger partial charge is 0.355 e. The van der Waals surface area contributed by atoms with Crippen molar-refractivity contribution in [1.29, 1.82) is 0 Å². The molecular formula is C25H33N3O4S. The molecule has 0 bridgehead atoms. The molecule has 0 spiro atoms. The molecule has 2 heterocycles. The van der Waals surface area contributed by atoms with Crippen molar-refractivity contribution >= 4 is 28.1 Å². The standard InChI is InChI=1S/C25H33N3O4S/c1-18-10-12-20(13-11-18)14-15-23-24(19(2)27-32-23)33(30,31)28-16-6-7-21(17-28)25(29)26-22-8-4-3-5-9-22/h10-15,21-22H,3-9,16-17H2,1-2H3,(H,26,29)/b15-14+/t21-/m1/s1. The fourth-order valence-electron chi connectivity index (χ4n) is 4.72. The van der Waals surface area contributed by atoms with Crippen LogP contribution in [0.2, 0.25) is 0 Å². The summed E-state index contributed by atoms with van der Waals surface area (Å²) < 4.78 is 33.9. The van der Waals surface area contributed by atoms with Gasteiger partial charge in [-0.05, 0) is 51.2 Å². The molecule has 2 aliphatic rings. The van der Waals surface area contributed by atoms with Gasteiger partial charge in [0.2, 0.25) is 15.9 Å². The van der Waals surface area contributed by atoms with Gasteiger partial charge in [-0.15, -0.1) is 0 Å². The minimum absolute atomic E-state index is 0.0247. The maximum Gasteiger partial charge on any atom is 0.248 e. The Labute approximate surface area is 196 Å². The highest BCUT2D eigenvalue weighted by Crippen LogP contribution is 2.29. The smallest absolute Gasteiger partial charge is 0.248 e. The topological polar surface area (TPSA) is 92.5 Å². The number of benzene rings is 1. The molecule has 1 aromatic carbocycles. The number of piperidine rings is 1. The average molecular weight is 472 g/mol. The monoisotopic (exact) mass is 471 g/mol. The molecule has 0 unspecified atom stereocenters. The lowest BCUT2D eigenvalue weighted by molar-refractivity contribution is -0.127. The quantitative estimate of drug-likeness (QED) is 0.678. The van der Waals surface area contributed by atoms with Gasteiger partial charge in [0, 0.05) is 19.1 Å². The lowest BCUT2D eigenvalue weighted by Gasteiger charge is -2.32. The lowest BCUT2D eigenvalue weighted by Crippen LogP contribution is -2.48. The van der Waals surface area contributed by atoms with E-state index in [1.807, 2.05) is 37.3 Å². The Morgan fingerprint density at radius 2 is 1.79 bits per heavy atom. The molecule has 7 nitrogen and oxygen atoms in total. The third kappa shape index (κ3) is 5.55. The fraction of sp³-hybridized carbons (Fsp3) is 0.520. The second-order valence-electron chi connectivity index (χ2n) is 9.25. The Hall–Kier alpha value is -2.45. The van der Waals surface area contributed by atoms with Crippen molar-refractivity contribution in [2.24, 2.45) is 5.92 Å². The van der Waals surface area contributed by atoms with Crippen LogP contribution in [0.4, 0.5) is 0 Å². The molecule has 1 aliphatic carbocycles. The van der Waals surface area contributed by atoms with Gasteiger partial charge in [-0.25, -0.2) is 8.42 Å². The molecule has 2 aromatic rings. The zero-order valence-corrected chi connectivity index (χ0v) is 20.2.